The minimum atomic E-state index is -1.51. The summed E-state index contributed by atoms with van der Waals surface area (Å²) in [5.41, 5.74) is 7.62. The summed E-state index contributed by atoms with van der Waals surface area (Å²) >= 11 is 0. The first-order chi connectivity index (χ1) is 13.6. The van der Waals surface area contributed by atoms with Crippen LogP contribution in [0.5, 0.6) is 0 Å². The second-order valence-corrected chi connectivity index (χ2v) is 13.4. The maximum Gasteiger partial charge on any atom is 0.0843 e. The molecule has 0 radical (unpaired) electrons. The van der Waals surface area contributed by atoms with Gasteiger partial charge in [0.2, 0.25) is 0 Å². The fraction of sp³-hybridized carbons (Fsp3) is 0.269. The van der Waals surface area contributed by atoms with E-state index in [1.807, 2.05) is 0 Å². The Labute approximate surface area is 170 Å². The minimum Gasteiger partial charge on any atom is -0.285 e. The lowest BCUT2D eigenvalue weighted by Crippen LogP contribution is -2.46. The number of hydrogen-bond acceptors (Lipinski definition) is 1. The van der Waals surface area contributed by atoms with Crippen molar-refractivity contribution >= 4 is 19.0 Å². The van der Waals surface area contributed by atoms with E-state index in [4.69, 9.17) is 4.99 Å². The van der Waals surface area contributed by atoms with Gasteiger partial charge in [0.25, 0.3) is 0 Å². The van der Waals surface area contributed by atoms with E-state index in [-0.39, 0.29) is 0 Å². The molecule has 0 bridgehead atoms. The lowest BCUT2D eigenvalue weighted by Gasteiger charge is -2.30. The SMILES string of the molecule is CC(=NCc1ccccc1)c1cccc2c1C[C@@H]([Si](C)(C)c1ccccc1)C2. The predicted molar refractivity (Wildman–Crippen MR) is 124 cm³/mol. The van der Waals surface area contributed by atoms with E-state index in [2.05, 4.69) is 98.9 Å². The fourth-order valence-electron chi connectivity index (χ4n) is 4.48. The molecule has 0 saturated heterocycles. The third-order valence-corrected chi connectivity index (χ3v) is 10.7. The summed E-state index contributed by atoms with van der Waals surface area (Å²) in [6, 6.07) is 28.5. The molecule has 1 atom stereocenters. The number of hydrogen-bond donors (Lipinski definition) is 0. The third kappa shape index (κ3) is 3.74. The van der Waals surface area contributed by atoms with Crippen LogP contribution in [0.2, 0.25) is 18.6 Å². The lowest BCUT2D eigenvalue weighted by molar-refractivity contribution is 0.867. The maximum absolute atomic E-state index is 4.92. The summed E-state index contributed by atoms with van der Waals surface area (Å²) in [5.74, 6) is 0. The number of rotatable bonds is 5. The molecule has 1 nitrogen and oxygen atoms in total. The van der Waals surface area contributed by atoms with E-state index in [0.717, 1.165) is 12.1 Å². The van der Waals surface area contributed by atoms with Gasteiger partial charge in [-0.1, -0.05) is 97.1 Å². The molecule has 0 unspecified atom stereocenters. The van der Waals surface area contributed by atoms with Crippen LogP contribution in [0.4, 0.5) is 0 Å². The van der Waals surface area contributed by atoms with Gasteiger partial charge in [-0.15, -0.1) is 0 Å². The zero-order valence-corrected chi connectivity index (χ0v) is 18.2. The average Bonchev–Trinajstić information content (AvgIpc) is 3.19. The molecule has 0 saturated carbocycles. The molecule has 4 rings (SSSR count). The highest BCUT2D eigenvalue weighted by atomic mass is 28.3. The van der Waals surface area contributed by atoms with Gasteiger partial charge in [0.15, 0.2) is 0 Å². The van der Waals surface area contributed by atoms with Crippen molar-refractivity contribution in [1.29, 1.82) is 0 Å². The van der Waals surface area contributed by atoms with Gasteiger partial charge in [-0.05, 0) is 47.6 Å². The molecular weight excluding hydrogens is 354 g/mol. The summed E-state index contributed by atoms with van der Waals surface area (Å²) in [7, 11) is -1.51. The van der Waals surface area contributed by atoms with E-state index >= 15 is 0 Å². The molecule has 0 aliphatic heterocycles. The van der Waals surface area contributed by atoms with Crippen molar-refractivity contribution in [3.05, 3.63) is 101 Å². The molecule has 0 spiro atoms. The van der Waals surface area contributed by atoms with Crippen molar-refractivity contribution in [3.63, 3.8) is 0 Å². The van der Waals surface area contributed by atoms with Crippen LogP contribution in [0.1, 0.15) is 29.2 Å². The highest BCUT2D eigenvalue weighted by Gasteiger charge is 2.38. The van der Waals surface area contributed by atoms with Crippen molar-refractivity contribution < 1.29 is 0 Å². The quantitative estimate of drug-likeness (QED) is 0.391. The van der Waals surface area contributed by atoms with Gasteiger partial charge in [0, 0.05) is 5.71 Å². The summed E-state index contributed by atoms with van der Waals surface area (Å²) in [4.78, 5) is 4.92. The van der Waals surface area contributed by atoms with Crippen molar-refractivity contribution in [3.8, 4) is 0 Å². The predicted octanol–water partition coefficient (Wildman–Crippen LogP) is 5.78. The second-order valence-electron chi connectivity index (χ2n) is 8.52. The van der Waals surface area contributed by atoms with Gasteiger partial charge >= 0.3 is 0 Å². The fourth-order valence-corrected chi connectivity index (χ4v) is 7.45. The van der Waals surface area contributed by atoms with Crippen LogP contribution >= 0.6 is 0 Å². The largest absolute Gasteiger partial charge is 0.285 e. The molecule has 2 heteroatoms. The van der Waals surface area contributed by atoms with Crippen molar-refractivity contribution in [2.75, 3.05) is 0 Å². The number of nitrogens with zero attached hydrogens (tertiary/aromatic N) is 1. The number of aliphatic imine (C=N–C) groups is 1. The highest BCUT2D eigenvalue weighted by molar-refractivity contribution is 6.91. The van der Waals surface area contributed by atoms with Gasteiger partial charge in [-0.25, -0.2) is 0 Å². The van der Waals surface area contributed by atoms with Crippen LogP contribution in [0.15, 0.2) is 83.9 Å². The summed E-state index contributed by atoms with van der Waals surface area (Å²) in [5, 5.41) is 1.57. The molecule has 0 N–H and O–H groups in total. The molecule has 28 heavy (non-hydrogen) atoms. The van der Waals surface area contributed by atoms with Crippen molar-refractivity contribution in [1.82, 2.24) is 0 Å². The van der Waals surface area contributed by atoms with Gasteiger partial charge in [-0.3, -0.25) is 4.99 Å². The van der Waals surface area contributed by atoms with E-state index in [9.17, 15) is 0 Å². The van der Waals surface area contributed by atoms with Crippen LogP contribution in [0.25, 0.3) is 0 Å². The van der Waals surface area contributed by atoms with Gasteiger partial charge < -0.3 is 0 Å². The monoisotopic (exact) mass is 383 g/mol. The number of fused-ring (bicyclic) bond motifs is 1. The molecule has 1 aliphatic carbocycles. The minimum absolute atomic E-state index is 0.754. The molecule has 1 aliphatic rings. The Morgan fingerprint density at radius 2 is 1.54 bits per heavy atom. The van der Waals surface area contributed by atoms with Crippen LogP contribution in [0.3, 0.4) is 0 Å². The van der Waals surface area contributed by atoms with E-state index < -0.39 is 8.07 Å². The van der Waals surface area contributed by atoms with Crippen molar-refractivity contribution in [2.24, 2.45) is 4.99 Å². The van der Waals surface area contributed by atoms with Crippen LogP contribution in [-0.2, 0) is 19.4 Å². The van der Waals surface area contributed by atoms with Gasteiger partial charge in [-0.2, -0.15) is 0 Å². The Hall–Kier alpha value is -2.45. The molecule has 0 fully saturated rings. The van der Waals surface area contributed by atoms with Gasteiger partial charge in [0.05, 0.1) is 14.6 Å². The van der Waals surface area contributed by atoms with Crippen LogP contribution in [0, 0.1) is 0 Å². The van der Waals surface area contributed by atoms with E-state index in [1.54, 1.807) is 10.8 Å². The molecule has 0 heterocycles. The number of benzene rings is 3. The standard InChI is InChI=1S/C26H29NSi/c1-20(27-19-21-11-6-4-7-12-21)25-16-10-13-22-17-24(18-26(22)25)28(2,3)23-14-8-5-9-15-23/h4-16,24H,17-19H2,1-3H3/t24-/m0/s1. The molecule has 0 amide bonds. The summed E-state index contributed by atoms with van der Waals surface area (Å²) in [6.45, 7) is 8.00. The van der Waals surface area contributed by atoms with Crippen LogP contribution in [-0.4, -0.2) is 13.8 Å². The zero-order chi connectivity index (χ0) is 19.6. The third-order valence-electron chi connectivity index (χ3n) is 6.46. The Bertz CT molecular complexity index is 974. The summed E-state index contributed by atoms with van der Waals surface area (Å²) < 4.78 is 0. The van der Waals surface area contributed by atoms with E-state index in [0.29, 0.717) is 0 Å². The van der Waals surface area contributed by atoms with Gasteiger partial charge in [0.1, 0.15) is 0 Å². The summed E-state index contributed by atoms with van der Waals surface area (Å²) in [6.07, 6.45) is 2.40. The average molecular weight is 384 g/mol. The highest BCUT2D eigenvalue weighted by Crippen LogP contribution is 2.39. The smallest absolute Gasteiger partial charge is 0.0843 e. The Morgan fingerprint density at radius 1 is 0.857 bits per heavy atom. The first kappa shape index (κ1) is 18.9. The molecule has 3 aromatic rings. The van der Waals surface area contributed by atoms with E-state index in [1.165, 1.54) is 35.2 Å². The van der Waals surface area contributed by atoms with Crippen molar-refractivity contribution in [2.45, 2.75) is 44.9 Å². The topological polar surface area (TPSA) is 12.4 Å². The first-order valence-electron chi connectivity index (χ1n) is 10.3. The molecule has 3 aromatic carbocycles. The van der Waals surface area contributed by atoms with Crippen LogP contribution < -0.4 is 5.19 Å². The second kappa shape index (κ2) is 7.88. The molecular formula is C26H29NSi. The molecule has 142 valence electrons. The lowest BCUT2D eigenvalue weighted by atomic mass is 10.0. The normalized spacial score (nSPS) is 16.8. The Morgan fingerprint density at radius 3 is 2.25 bits per heavy atom. The maximum atomic E-state index is 4.92. The first-order valence-corrected chi connectivity index (χ1v) is 13.3. The molecule has 0 aromatic heterocycles. The Balaban J connectivity index is 1.58. The Kier molecular flexibility index (Phi) is 5.32. The zero-order valence-electron chi connectivity index (χ0n) is 17.2.